The van der Waals surface area contributed by atoms with Crippen LogP contribution in [0.1, 0.15) is 55.4 Å². The summed E-state index contributed by atoms with van der Waals surface area (Å²) in [6.45, 7) is 16.0. The summed E-state index contributed by atoms with van der Waals surface area (Å²) in [5.74, 6) is 18.0. The van der Waals surface area contributed by atoms with Crippen molar-refractivity contribution in [2.24, 2.45) is 17.8 Å². The van der Waals surface area contributed by atoms with Crippen molar-refractivity contribution in [3.05, 3.63) is 0 Å². The zero-order valence-corrected chi connectivity index (χ0v) is 16.9. The van der Waals surface area contributed by atoms with E-state index in [1.807, 2.05) is 27.7 Å². The second kappa shape index (κ2) is 17.9. The molecule has 0 atom stereocenters. The molecule has 0 saturated heterocycles. The quantitative estimate of drug-likeness (QED) is 0.722. The van der Waals surface area contributed by atoms with Gasteiger partial charge in [0.2, 0.25) is 0 Å². The van der Waals surface area contributed by atoms with E-state index in [9.17, 15) is 0 Å². The SMILES string of the molecule is CC(C)C#CC(C)(C)O.CC(C)C#CCO.COCC#CC(C)C. The molecule has 0 aliphatic rings. The van der Waals surface area contributed by atoms with Crippen LogP contribution in [0.2, 0.25) is 0 Å². The average molecular weight is 337 g/mol. The number of aliphatic hydroxyl groups is 2. The molecule has 3 heteroatoms. The van der Waals surface area contributed by atoms with Gasteiger partial charge in [0.25, 0.3) is 0 Å². The molecule has 0 rings (SSSR count). The number of ether oxygens (including phenoxy) is 1. The van der Waals surface area contributed by atoms with Crippen molar-refractivity contribution in [2.45, 2.75) is 61.0 Å². The van der Waals surface area contributed by atoms with Gasteiger partial charge in [-0.25, -0.2) is 0 Å². The summed E-state index contributed by atoms with van der Waals surface area (Å²) in [5, 5.41) is 17.2. The zero-order valence-electron chi connectivity index (χ0n) is 16.9. The van der Waals surface area contributed by atoms with Gasteiger partial charge in [0.15, 0.2) is 0 Å². The zero-order chi connectivity index (χ0) is 19.6. The molecular weight excluding hydrogens is 300 g/mol. The summed E-state index contributed by atoms with van der Waals surface area (Å²) in [6.07, 6.45) is 0. The molecule has 0 spiro atoms. The van der Waals surface area contributed by atoms with Crippen LogP contribution in [0, 0.1) is 53.3 Å². The van der Waals surface area contributed by atoms with E-state index in [2.05, 4.69) is 49.4 Å². The van der Waals surface area contributed by atoms with Gasteiger partial charge in [-0.2, -0.15) is 0 Å². The molecule has 2 N–H and O–H groups in total. The van der Waals surface area contributed by atoms with Crippen molar-refractivity contribution in [1.29, 1.82) is 0 Å². The molecule has 0 saturated carbocycles. The van der Waals surface area contributed by atoms with Crippen molar-refractivity contribution in [3.63, 3.8) is 0 Å². The van der Waals surface area contributed by atoms with E-state index in [-0.39, 0.29) is 6.61 Å². The van der Waals surface area contributed by atoms with Crippen molar-refractivity contribution in [1.82, 2.24) is 0 Å². The topological polar surface area (TPSA) is 49.7 Å². The van der Waals surface area contributed by atoms with E-state index < -0.39 is 5.60 Å². The van der Waals surface area contributed by atoms with Gasteiger partial charge in [-0.3, -0.25) is 0 Å². The van der Waals surface area contributed by atoms with Crippen molar-refractivity contribution in [3.8, 4) is 35.5 Å². The molecule has 24 heavy (non-hydrogen) atoms. The second-order valence-corrected chi connectivity index (χ2v) is 6.53. The monoisotopic (exact) mass is 336 g/mol. The van der Waals surface area contributed by atoms with Gasteiger partial charge in [0.1, 0.15) is 18.8 Å². The molecule has 3 nitrogen and oxygen atoms in total. The van der Waals surface area contributed by atoms with E-state index >= 15 is 0 Å². The predicted molar refractivity (Wildman–Crippen MR) is 103 cm³/mol. The van der Waals surface area contributed by atoms with E-state index in [0.29, 0.717) is 24.4 Å². The molecule has 0 unspecified atom stereocenters. The molecule has 0 aromatic rings. The van der Waals surface area contributed by atoms with Gasteiger partial charge in [0.05, 0.1) is 0 Å². The fraction of sp³-hybridized carbons (Fsp3) is 0.714. The lowest BCUT2D eigenvalue weighted by atomic mass is 10.1. The minimum absolute atomic E-state index is 0.0157. The summed E-state index contributed by atoms with van der Waals surface area (Å²) in [7, 11) is 1.65. The number of hydrogen-bond donors (Lipinski definition) is 2. The first kappa shape index (κ1) is 27.4. The maximum Gasteiger partial charge on any atom is 0.119 e. The molecule has 0 amide bonds. The highest BCUT2D eigenvalue weighted by Crippen LogP contribution is 1.98. The maximum atomic E-state index is 9.09. The Labute approximate surface area is 150 Å². The van der Waals surface area contributed by atoms with Crippen molar-refractivity contribution < 1.29 is 14.9 Å². The number of methoxy groups -OCH3 is 1. The van der Waals surface area contributed by atoms with Gasteiger partial charge < -0.3 is 14.9 Å². The van der Waals surface area contributed by atoms with Crippen LogP contribution >= 0.6 is 0 Å². The predicted octanol–water partition coefficient (Wildman–Crippen LogP) is 3.35. The fourth-order valence-electron chi connectivity index (χ4n) is 0.889. The van der Waals surface area contributed by atoms with Crippen LogP contribution < -0.4 is 0 Å². The smallest absolute Gasteiger partial charge is 0.119 e. The summed E-state index contributed by atoms with van der Waals surface area (Å²) in [6, 6.07) is 0. The van der Waals surface area contributed by atoms with Gasteiger partial charge in [-0.05, 0) is 13.8 Å². The summed E-state index contributed by atoms with van der Waals surface area (Å²) in [5.41, 5.74) is -0.829. The fourth-order valence-corrected chi connectivity index (χ4v) is 0.889. The Morgan fingerprint density at radius 2 is 1.25 bits per heavy atom. The Bertz CT molecular complexity index is 449. The van der Waals surface area contributed by atoms with Gasteiger partial charge in [0, 0.05) is 24.9 Å². The third-order valence-corrected chi connectivity index (χ3v) is 1.74. The first-order valence-corrected chi connectivity index (χ1v) is 8.27. The maximum absolute atomic E-state index is 9.09. The largest absolute Gasteiger partial charge is 0.384 e. The van der Waals surface area contributed by atoms with Gasteiger partial charge >= 0.3 is 0 Å². The molecule has 0 radical (unpaired) electrons. The molecule has 0 heterocycles. The lowest BCUT2D eigenvalue weighted by molar-refractivity contribution is 0.143. The van der Waals surface area contributed by atoms with E-state index in [1.165, 1.54) is 0 Å². The van der Waals surface area contributed by atoms with Crippen LogP contribution in [-0.4, -0.2) is 36.1 Å². The molecule has 0 aromatic heterocycles. The highest BCUT2D eigenvalue weighted by molar-refractivity contribution is 5.11. The van der Waals surface area contributed by atoms with Gasteiger partial charge in [-0.15, -0.1) is 0 Å². The summed E-state index contributed by atoms with van der Waals surface area (Å²) >= 11 is 0. The molecule has 0 aliphatic heterocycles. The first-order valence-electron chi connectivity index (χ1n) is 8.27. The number of aliphatic hydroxyl groups excluding tert-OH is 1. The Kier molecular flexibility index (Phi) is 20.5. The number of rotatable bonds is 1. The second-order valence-electron chi connectivity index (χ2n) is 6.53. The molecular formula is C21H36O3. The highest BCUT2D eigenvalue weighted by Gasteiger charge is 2.05. The van der Waals surface area contributed by atoms with Crippen LogP contribution in [0.3, 0.4) is 0 Å². The number of hydrogen-bond acceptors (Lipinski definition) is 3. The van der Waals surface area contributed by atoms with Crippen molar-refractivity contribution in [2.75, 3.05) is 20.3 Å². The Morgan fingerprint density at radius 1 is 0.833 bits per heavy atom. The van der Waals surface area contributed by atoms with Crippen LogP contribution in [-0.2, 0) is 4.74 Å². The minimum atomic E-state index is -0.829. The van der Waals surface area contributed by atoms with E-state index in [0.717, 1.165) is 0 Å². The highest BCUT2D eigenvalue weighted by atomic mass is 16.5. The molecule has 0 bridgehead atoms. The minimum Gasteiger partial charge on any atom is -0.384 e. The van der Waals surface area contributed by atoms with E-state index in [4.69, 9.17) is 14.9 Å². The lowest BCUT2D eigenvalue weighted by Gasteiger charge is -2.06. The van der Waals surface area contributed by atoms with E-state index in [1.54, 1.807) is 21.0 Å². The first-order chi connectivity index (χ1) is 11.0. The Hall–Kier alpha value is -1.44. The summed E-state index contributed by atoms with van der Waals surface area (Å²) in [4.78, 5) is 0. The Balaban J connectivity index is -0.000000278. The molecule has 0 fully saturated rings. The average Bonchev–Trinajstić information content (AvgIpc) is 2.43. The molecule has 138 valence electrons. The third-order valence-electron chi connectivity index (χ3n) is 1.74. The van der Waals surface area contributed by atoms with Crippen LogP contribution in [0.5, 0.6) is 0 Å². The van der Waals surface area contributed by atoms with Gasteiger partial charge in [-0.1, -0.05) is 77.1 Å². The van der Waals surface area contributed by atoms with Crippen LogP contribution in [0.25, 0.3) is 0 Å². The Morgan fingerprint density at radius 3 is 1.46 bits per heavy atom. The van der Waals surface area contributed by atoms with Crippen LogP contribution in [0.4, 0.5) is 0 Å². The molecule has 0 aliphatic carbocycles. The van der Waals surface area contributed by atoms with Crippen molar-refractivity contribution >= 4 is 0 Å². The third kappa shape index (κ3) is 42.8. The van der Waals surface area contributed by atoms with Crippen LogP contribution in [0.15, 0.2) is 0 Å². The standard InChI is InChI=1S/C8H14O.C7H12O.C6H10O/c1-7(2)5-6-8(3,4)9;1-7(2)5-4-6-8-3;1-6(2)4-3-5-7/h7,9H,1-4H3;7H,6H2,1-3H3;6-7H,5H2,1-2H3. The summed E-state index contributed by atoms with van der Waals surface area (Å²) < 4.78 is 4.72. The normalized spacial score (nSPS) is 9.25. The lowest BCUT2D eigenvalue weighted by Crippen LogP contribution is -2.14. The molecule has 0 aromatic carbocycles.